The van der Waals surface area contributed by atoms with Gasteiger partial charge in [0, 0.05) is 24.5 Å². The summed E-state index contributed by atoms with van der Waals surface area (Å²) in [4.78, 5) is 6.98. The van der Waals surface area contributed by atoms with Gasteiger partial charge in [-0.3, -0.25) is 9.88 Å². The summed E-state index contributed by atoms with van der Waals surface area (Å²) >= 11 is 0. The summed E-state index contributed by atoms with van der Waals surface area (Å²) in [6.45, 7) is 4.56. The Morgan fingerprint density at radius 2 is 2.00 bits per heavy atom. The molecule has 1 aliphatic heterocycles. The summed E-state index contributed by atoms with van der Waals surface area (Å²) < 4.78 is 5.99. The highest BCUT2D eigenvalue weighted by Gasteiger charge is 2.11. The van der Waals surface area contributed by atoms with Crippen molar-refractivity contribution in [3.05, 3.63) is 36.0 Å². The second kappa shape index (κ2) is 6.20. The van der Waals surface area contributed by atoms with Crippen LogP contribution < -0.4 is 10.5 Å². The van der Waals surface area contributed by atoms with Gasteiger partial charge in [-0.2, -0.15) is 0 Å². The molecule has 20 heavy (non-hydrogen) atoms. The quantitative estimate of drug-likeness (QED) is 0.905. The van der Waals surface area contributed by atoms with Crippen LogP contribution in [-0.4, -0.2) is 36.1 Å². The summed E-state index contributed by atoms with van der Waals surface area (Å²) in [5.41, 5.74) is 7.54. The monoisotopic (exact) mass is 271 g/mol. The van der Waals surface area contributed by atoms with Crippen LogP contribution in [0.25, 0.3) is 10.9 Å². The molecule has 4 heteroatoms. The second-order valence-electron chi connectivity index (χ2n) is 5.23. The standard InChI is InChI=1S/C16H21N3O/c17-12-13-11-16(14-5-1-2-6-15(14)18-13)20-10-9-19-7-3-4-8-19/h1-2,5-6,11H,3-4,7-10,12,17H2. The molecule has 4 nitrogen and oxygen atoms in total. The zero-order valence-corrected chi connectivity index (χ0v) is 11.7. The minimum Gasteiger partial charge on any atom is -0.491 e. The first-order chi connectivity index (χ1) is 9.86. The lowest BCUT2D eigenvalue weighted by Crippen LogP contribution is -2.25. The first-order valence-electron chi connectivity index (χ1n) is 7.31. The van der Waals surface area contributed by atoms with Gasteiger partial charge < -0.3 is 10.5 Å². The second-order valence-corrected chi connectivity index (χ2v) is 5.23. The van der Waals surface area contributed by atoms with Gasteiger partial charge in [0.05, 0.1) is 11.2 Å². The van der Waals surface area contributed by atoms with Crippen LogP contribution in [0.4, 0.5) is 0 Å². The van der Waals surface area contributed by atoms with Gasteiger partial charge in [0.25, 0.3) is 0 Å². The predicted octanol–water partition coefficient (Wildman–Crippen LogP) is 2.17. The molecule has 0 unspecified atom stereocenters. The largest absolute Gasteiger partial charge is 0.491 e. The molecular weight excluding hydrogens is 250 g/mol. The maximum absolute atomic E-state index is 5.99. The number of pyridine rings is 1. The summed E-state index contributed by atoms with van der Waals surface area (Å²) in [6.07, 6.45) is 2.63. The van der Waals surface area contributed by atoms with Crippen molar-refractivity contribution in [2.24, 2.45) is 5.73 Å². The average Bonchev–Trinajstić information content (AvgIpc) is 3.00. The number of likely N-dealkylation sites (tertiary alicyclic amines) is 1. The Hall–Kier alpha value is -1.65. The van der Waals surface area contributed by atoms with E-state index < -0.39 is 0 Å². The maximum atomic E-state index is 5.99. The number of benzene rings is 1. The van der Waals surface area contributed by atoms with E-state index in [1.54, 1.807) is 0 Å². The topological polar surface area (TPSA) is 51.4 Å². The third-order valence-corrected chi connectivity index (χ3v) is 3.80. The Labute approximate surface area is 119 Å². The van der Waals surface area contributed by atoms with E-state index in [4.69, 9.17) is 10.5 Å². The Balaban J connectivity index is 1.75. The minimum atomic E-state index is 0.438. The fourth-order valence-electron chi connectivity index (χ4n) is 2.71. The molecule has 1 aromatic carbocycles. The normalized spacial score (nSPS) is 15.8. The number of nitrogens with two attached hydrogens (primary N) is 1. The van der Waals surface area contributed by atoms with Crippen molar-refractivity contribution < 1.29 is 4.74 Å². The van der Waals surface area contributed by atoms with Crippen LogP contribution in [0.1, 0.15) is 18.5 Å². The van der Waals surface area contributed by atoms with Crippen LogP contribution in [0.2, 0.25) is 0 Å². The maximum Gasteiger partial charge on any atom is 0.130 e. The van der Waals surface area contributed by atoms with Crippen LogP contribution in [0.3, 0.4) is 0 Å². The molecule has 0 bridgehead atoms. The van der Waals surface area contributed by atoms with Gasteiger partial charge in [-0.05, 0) is 38.1 Å². The Morgan fingerprint density at radius 3 is 2.80 bits per heavy atom. The molecule has 0 saturated carbocycles. The molecule has 1 aromatic heterocycles. The van der Waals surface area contributed by atoms with E-state index in [-0.39, 0.29) is 0 Å². The molecule has 0 radical (unpaired) electrons. The van der Waals surface area contributed by atoms with Crippen LogP contribution in [0, 0.1) is 0 Å². The summed E-state index contributed by atoms with van der Waals surface area (Å²) in [7, 11) is 0. The molecule has 0 aliphatic carbocycles. The van der Waals surface area contributed by atoms with Gasteiger partial charge in [0.1, 0.15) is 12.4 Å². The van der Waals surface area contributed by atoms with E-state index in [1.165, 1.54) is 25.9 Å². The van der Waals surface area contributed by atoms with Crippen molar-refractivity contribution in [1.82, 2.24) is 9.88 Å². The lowest BCUT2D eigenvalue weighted by atomic mass is 10.2. The number of nitrogens with zero attached hydrogens (tertiary/aromatic N) is 2. The van der Waals surface area contributed by atoms with Crippen LogP contribution in [-0.2, 0) is 6.54 Å². The summed E-state index contributed by atoms with van der Waals surface area (Å²) in [5, 5.41) is 1.06. The first-order valence-corrected chi connectivity index (χ1v) is 7.31. The van der Waals surface area contributed by atoms with E-state index >= 15 is 0 Å². The molecule has 2 aromatic rings. The number of rotatable bonds is 5. The van der Waals surface area contributed by atoms with Crippen LogP contribution in [0.5, 0.6) is 5.75 Å². The summed E-state index contributed by atoms with van der Waals surface area (Å²) in [6, 6.07) is 10.0. The number of hydrogen-bond donors (Lipinski definition) is 1. The van der Waals surface area contributed by atoms with Gasteiger partial charge in [-0.25, -0.2) is 0 Å². The number of ether oxygens (including phenoxy) is 1. The molecular formula is C16H21N3O. The molecule has 1 fully saturated rings. The zero-order valence-electron chi connectivity index (χ0n) is 11.7. The number of aromatic nitrogens is 1. The Kier molecular flexibility index (Phi) is 4.14. The highest BCUT2D eigenvalue weighted by Crippen LogP contribution is 2.25. The third-order valence-electron chi connectivity index (χ3n) is 3.80. The molecule has 2 heterocycles. The van der Waals surface area contributed by atoms with Gasteiger partial charge in [0.2, 0.25) is 0 Å². The molecule has 3 rings (SSSR count). The van der Waals surface area contributed by atoms with E-state index in [9.17, 15) is 0 Å². The molecule has 1 aliphatic rings. The average molecular weight is 271 g/mol. The van der Waals surface area contributed by atoms with Crippen molar-refractivity contribution in [3.8, 4) is 5.75 Å². The van der Waals surface area contributed by atoms with Gasteiger partial charge in [-0.15, -0.1) is 0 Å². The minimum absolute atomic E-state index is 0.438. The SMILES string of the molecule is NCc1cc(OCCN2CCCC2)c2ccccc2n1. The molecule has 0 amide bonds. The van der Waals surface area contributed by atoms with E-state index in [1.807, 2.05) is 30.3 Å². The molecule has 2 N–H and O–H groups in total. The number of fused-ring (bicyclic) bond motifs is 1. The van der Waals surface area contributed by atoms with Crippen molar-refractivity contribution >= 4 is 10.9 Å². The number of hydrogen-bond acceptors (Lipinski definition) is 4. The van der Waals surface area contributed by atoms with Gasteiger partial charge in [-0.1, -0.05) is 12.1 Å². The van der Waals surface area contributed by atoms with Crippen LogP contribution >= 0.6 is 0 Å². The lowest BCUT2D eigenvalue weighted by molar-refractivity contribution is 0.239. The van der Waals surface area contributed by atoms with E-state index in [0.29, 0.717) is 6.54 Å². The number of para-hydroxylation sites is 1. The Morgan fingerprint density at radius 1 is 1.20 bits per heavy atom. The van der Waals surface area contributed by atoms with E-state index in [2.05, 4.69) is 9.88 Å². The lowest BCUT2D eigenvalue weighted by Gasteiger charge is -2.16. The molecule has 0 atom stereocenters. The molecule has 1 saturated heterocycles. The smallest absolute Gasteiger partial charge is 0.130 e. The molecule has 106 valence electrons. The third kappa shape index (κ3) is 2.92. The van der Waals surface area contributed by atoms with Crippen molar-refractivity contribution in [2.75, 3.05) is 26.2 Å². The predicted molar refractivity (Wildman–Crippen MR) is 80.8 cm³/mol. The fraction of sp³-hybridized carbons (Fsp3) is 0.438. The highest BCUT2D eigenvalue weighted by atomic mass is 16.5. The first kappa shape index (κ1) is 13.3. The fourth-order valence-corrected chi connectivity index (χ4v) is 2.71. The van der Waals surface area contributed by atoms with Gasteiger partial charge >= 0.3 is 0 Å². The van der Waals surface area contributed by atoms with Crippen molar-refractivity contribution in [2.45, 2.75) is 19.4 Å². The van der Waals surface area contributed by atoms with Crippen LogP contribution in [0.15, 0.2) is 30.3 Å². The Bertz CT molecular complexity index is 579. The van der Waals surface area contributed by atoms with Gasteiger partial charge in [0.15, 0.2) is 0 Å². The van der Waals surface area contributed by atoms with E-state index in [0.717, 1.165) is 35.5 Å². The molecule has 0 spiro atoms. The van der Waals surface area contributed by atoms with Crippen molar-refractivity contribution in [3.63, 3.8) is 0 Å². The van der Waals surface area contributed by atoms with Crippen molar-refractivity contribution in [1.29, 1.82) is 0 Å². The summed E-state index contributed by atoms with van der Waals surface area (Å²) in [5.74, 6) is 0.898. The zero-order chi connectivity index (χ0) is 13.8. The highest BCUT2D eigenvalue weighted by molar-refractivity contribution is 5.85.